The van der Waals surface area contributed by atoms with E-state index in [1.165, 1.54) is 48.5 Å². The number of nitro benzene ring substituents is 1. The van der Waals surface area contributed by atoms with Gasteiger partial charge in [0.15, 0.2) is 0 Å². The molecule has 0 heterocycles. The van der Waals surface area contributed by atoms with Gasteiger partial charge in [0.05, 0.1) is 9.82 Å². The Bertz CT molecular complexity index is 835. The van der Waals surface area contributed by atoms with Gasteiger partial charge in [-0.3, -0.25) is 10.1 Å². The monoisotopic (exact) mass is 355 g/mol. The minimum Gasteiger partial charge on any atom is -0.307 e. The minimum absolute atomic E-state index is 0.124. The highest BCUT2D eigenvalue weighted by molar-refractivity contribution is 7.90. The van der Waals surface area contributed by atoms with Crippen LogP contribution >= 0.6 is 11.6 Å². The second-order valence-electron chi connectivity index (χ2n) is 4.32. The van der Waals surface area contributed by atoms with Crippen molar-refractivity contribution < 1.29 is 18.1 Å². The maximum atomic E-state index is 12.0. The van der Waals surface area contributed by atoms with Crippen LogP contribution in [0.25, 0.3) is 0 Å². The van der Waals surface area contributed by atoms with Crippen LogP contribution in [-0.2, 0) is 10.0 Å². The Kier molecular flexibility index (Phi) is 4.82. The molecule has 0 unspecified atom stereocenters. The lowest BCUT2D eigenvalue weighted by Crippen LogP contribution is -2.34. The molecule has 0 saturated heterocycles. The number of anilines is 1. The van der Waals surface area contributed by atoms with Crippen LogP contribution in [0.4, 0.5) is 16.2 Å². The molecule has 2 amide bonds. The van der Waals surface area contributed by atoms with Gasteiger partial charge < -0.3 is 5.32 Å². The van der Waals surface area contributed by atoms with E-state index < -0.39 is 21.0 Å². The van der Waals surface area contributed by atoms with E-state index in [-0.39, 0.29) is 16.3 Å². The highest BCUT2D eigenvalue weighted by atomic mass is 35.5. The summed E-state index contributed by atoms with van der Waals surface area (Å²) in [5.41, 5.74) is 0.0594. The molecule has 0 atom stereocenters. The average molecular weight is 356 g/mol. The van der Waals surface area contributed by atoms with Crippen molar-refractivity contribution in [1.82, 2.24) is 4.72 Å². The molecule has 0 aliphatic heterocycles. The molecule has 0 aromatic heterocycles. The van der Waals surface area contributed by atoms with Crippen molar-refractivity contribution >= 4 is 39.0 Å². The summed E-state index contributed by atoms with van der Waals surface area (Å²) in [6.07, 6.45) is 0. The van der Waals surface area contributed by atoms with E-state index in [1.54, 1.807) is 0 Å². The van der Waals surface area contributed by atoms with E-state index in [0.29, 0.717) is 5.02 Å². The van der Waals surface area contributed by atoms with Crippen molar-refractivity contribution in [3.8, 4) is 0 Å². The third kappa shape index (κ3) is 4.41. The van der Waals surface area contributed by atoms with Crippen LogP contribution in [-0.4, -0.2) is 19.4 Å². The number of amides is 2. The number of hydrogen-bond donors (Lipinski definition) is 2. The standard InChI is InChI=1S/C13H10ClN3O5S/c14-9-1-7-12(8-2-9)23(21,22)16-13(18)15-10-3-5-11(6-4-10)17(19)20/h1-8H,(H2,15,16,18). The Balaban J connectivity index is 2.06. The first-order chi connectivity index (χ1) is 10.8. The number of benzene rings is 2. The zero-order valence-corrected chi connectivity index (χ0v) is 13.0. The Morgan fingerprint density at radius 3 is 2.13 bits per heavy atom. The fraction of sp³-hybridized carbons (Fsp3) is 0. The maximum absolute atomic E-state index is 12.0. The van der Waals surface area contributed by atoms with Crippen molar-refractivity contribution in [2.45, 2.75) is 4.90 Å². The van der Waals surface area contributed by atoms with Gasteiger partial charge in [-0.1, -0.05) is 11.6 Å². The summed E-state index contributed by atoms with van der Waals surface area (Å²) in [4.78, 5) is 21.5. The number of sulfonamides is 1. The molecule has 2 aromatic carbocycles. The van der Waals surface area contributed by atoms with Gasteiger partial charge in [-0.05, 0) is 36.4 Å². The maximum Gasteiger partial charge on any atom is 0.333 e. The van der Waals surface area contributed by atoms with Gasteiger partial charge in [-0.15, -0.1) is 0 Å². The average Bonchev–Trinajstić information content (AvgIpc) is 2.47. The Hall–Kier alpha value is -2.65. The molecule has 0 bridgehead atoms. The van der Waals surface area contributed by atoms with Crippen molar-refractivity contribution in [2.75, 3.05) is 5.32 Å². The number of halogens is 1. The lowest BCUT2D eigenvalue weighted by atomic mass is 10.3. The van der Waals surface area contributed by atoms with Crippen molar-refractivity contribution in [1.29, 1.82) is 0 Å². The summed E-state index contributed by atoms with van der Waals surface area (Å²) < 4.78 is 25.8. The molecular weight excluding hydrogens is 346 g/mol. The second kappa shape index (κ2) is 6.63. The zero-order valence-electron chi connectivity index (χ0n) is 11.4. The number of rotatable bonds is 4. The van der Waals surface area contributed by atoms with E-state index in [4.69, 9.17) is 11.6 Å². The largest absolute Gasteiger partial charge is 0.333 e. The lowest BCUT2D eigenvalue weighted by molar-refractivity contribution is -0.384. The fourth-order valence-corrected chi connectivity index (χ4v) is 2.65. The smallest absolute Gasteiger partial charge is 0.307 e. The normalized spacial score (nSPS) is 10.8. The number of urea groups is 1. The van der Waals surface area contributed by atoms with Crippen LogP contribution < -0.4 is 10.0 Å². The first kappa shape index (κ1) is 16.7. The van der Waals surface area contributed by atoms with Crippen molar-refractivity contribution in [3.05, 3.63) is 63.7 Å². The molecular formula is C13H10ClN3O5S. The van der Waals surface area contributed by atoms with E-state index in [9.17, 15) is 23.3 Å². The van der Waals surface area contributed by atoms with E-state index in [0.717, 1.165) is 0 Å². The Morgan fingerprint density at radius 1 is 1.04 bits per heavy atom. The molecule has 0 saturated carbocycles. The molecule has 0 fully saturated rings. The first-order valence-electron chi connectivity index (χ1n) is 6.12. The van der Waals surface area contributed by atoms with Gasteiger partial charge in [-0.25, -0.2) is 17.9 Å². The van der Waals surface area contributed by atoms with Gasteiger partial charge >= 0.3 is 6.03 Å². The third-order valence-electron chi connectivity index (χ3n) is 2.69. The van der Waals surface area contributed by atoms with Gasteiger partial charge in [0.1, 0.15) is 0 Å². The highest BCUT2D eigenvalue weighted by Gasteiger charge is 2.17. The van der Waals surface area contributed by atoms with Gasteiger partial charge in [0.25, 0.3) is 15.7 Å². The minimum atomic E-state index is -4.05. The first-order valence-corrected chi connectivity index (χ1v) is 7.98. The number of hydrogen-bond acceptors (Lipinski definition) is 5. The predicted octanol–water partition coefficient (Wildman–Crippen LogP) is 2.76. The number of nitro groups is 1. The summed E-state index contributed by atoms with van der Waals surface area (Å²) in [7, 11) is -4.05. The molecule has 0 aliphatic rings. The van der Waals surface area contributed by atoms with Crippen molar-refractivity contribution in [3.63, 3.8) is 0 Å². The zero-order chi connectivity index (χ0) is 17.0. The van der Waals surface area contributed by atoms with Gasteiger partial charge in [0.2, 0.25) is 0 Å². The molecule has 2 N–H and O–H groups in total. The predicted molar refractivity (Wildman–Crippen MR) is 83.9 cm³/mol. The summed E-state index contributed by atoms with van der Waals surface area (Å²) >= 11 is 5.67. The molecule has 0 radical (unpaired) electrons. The van der Waals surface area contributed by atoms with Crippen LogP contribution in [0.1, 0.15) is 0 Å². The van der Waals surface area contributed by atoms with Crippen LogP contribution in [0, 0.1) is 10.1 Å². The Labute approximate surface area is 136 Å². The lowest BCUT2D eigenvalue weighted by Gasteiger charge is -2.08. The fourth-order valence-electron chi connectivity index (χ4n) is 1.62. The van der Waals surface area contributed by atoms with Crippen LogP contribution in [0.5, 0.6) is 0 Å². The van der Waals surface area contributed by atoms with Crippen molar-refractivity contribution in [2.24, 2.45) is 0 Å². The van der Waals surface area contributed by atoms with Crippen LogP contribution in [0.3, 0.4) is 0 Å². The van der Waals surface area contributed by atoms with E-state index in [1.807, 2.05) is 4.72 Å². The number of nitrogens with zero attached hydrogens (tertiary/aromatic N) is 1. The summed E-state index contributed by atoms with van der Waals surface area (Å²) in [5.74, 6) is 0. The third-order valence-corrected chi connectivity index (χ3v) is 4.29. The summed E-state index contributed by atoms with van der Waals surface area (Å²) in [5, 5.41) is 13.1. The van der Waals surface area contributed by atoms with Gasteiger partial charge in [-0.2, -0.15) is 0 Å². The Morgan fingerprint density at radius 2 is 1.61 bits per heavy atom. The quantitative estimate of drug-likeness (QED) is 0.645. The molecule has 2 rings (SSSR count). The second-order valence-corrected chi connectivity index (χ2v) is 6.44. The van der Waals surface area contributed by atoms with Crippen LogP contribution in [0.2, 0.25) is 5.02 Å². The molecule has 120 valence electrons. The number of nitrogens with one attached hydrogen (secondary N) is 2. The van der Waals surface area contributed by atoms with Gasteiger partial charge in [0, 0.05) is 22.8 Å². The SMILES string of the molecule is O=C(Nc1ccc([N+](=O)[O-])cc1)NS(=O)(=O)c1ccc(Cl)cc1. The molecule has 10 heteroatoms. The number of non-ortho nitro benzene ring substituents is 1. The number of carbonyl (C=O) groups is 1. The topological polar surface area (TPSA) is 118 Å². The highest BCUT2D eigenvalue weighted by Crippen LogP contribution is 2.16. The molecule has 23 heavy (non-hydrogen) atoms. The molecule has 0 spiro atoms. The molecule has 2 aromatic rings. The molecule has 0 aliphatic carbocycles. The van der Waals surface area contributed by atoms with E-state index >= 15 is 0 Å². The van der Waals surface area contributed by atoms with Crippen LogP contribution in [0.15, 0.2) is 53.4 Å². The molecule has 8 nitrogen and oxygen atoms in total. The summed E-state index contributed by atoms with van der Waals surface area (Å²) in [6.45, 7) is 0. The number of carbonyl (C=O) groups excluding carboxylic acids is 1. The van der Waals surface area contributed by atoms with E-state index in [2.05, 4.69) is 5.32 Å². The summed E-state index contributed by atoms with van der Waals surface area (Å²) in [6, 6.07) is 9.21.